The van der Waals surface area contributed by atoms with Gasteiger partial charge in [0.15, 0.2) is 0 Å². The molecule has 2 unspecified atom stereocenters. The average Bonchev–Trinajstić information content (AvgIpc) is 3.17. The van der Waals surface area contributed by atoms with Crippen molar-refractivity contribution in [3.8, 4) is 0 Å². The van der Waals surface area contributed by atoms with Crippen LogP contribution in [0, 0.1) is 5.92 Å². The molecule has 1 aromatic heterocycles. The Balaban J connectivity index is 1.75. The third kappa shape index (κ3) is 4.54. The number of rotatable bonds is 8. The summed E-state index contributed by atoms with van der Waals surface area (Å²) >= 11 is 1.54. The zero-order valence-corrected chi connectivity index (χ0v) is 12.9. The van der Waals surface area contributed by atoms with Gasteiger partial charge in [-0.2, -0.15) is 0 Å². The van der Waals surface area contributed by atoms with Crippen LogP contribution in [-0.4, -0.2) is 30.1 Å². The maximum atomic E-state index is 11.8. The van der Waals surface area contributed by atoms with Gasteiger partial charge in [0.25, 0.3) is 0 Å². The van der Waals surface area contributed by atoms with Crippen LogP contribution < -0.4 is 11.1 Å². The van der Waals surface area contributed by atoms with Gasteiger partial charge in [-0.1, -0.05) is 0 Å². The van der Waals surface area contributed by atoms with E-state index in [1.165, 1.54) is 24.2 Å². The van der Waals surface area contributed by atoms with Crippen molar-refractivity contribution >= 4 is 17.2 Å². The second-order valence-corrected chi connectivity index (χ2v) is 6.15. The van der Waals surface area contributed by atoms with Gasteiger partial charge in [-0.3, -0.25) is 4.79 Å². The minimum absolute atomic E-state index is 0.00917. The number of thiazole rings is 1. The SMILES string of the molecule is CCOC(C)c1nc(CC(=O)NCC(N)C2CC2)cs1. The van der Waals surface area contributed by atoms with Crippen LogP contribution in [0.2, 0.25) is 0 Å². The molecule has 2 rings (SSSR count). The van der Waals surface area contributed by atoms with Crippen LogP contribution in [0.5, 0.6) is 0 Å². The second-order valence-electron chi connectivity index (χ2n) is 5.26. The lowest BCUT2D eigenvalue weighted by atomic mass is 10.2. The van der Waals surface area contributed by atoms with E-state index in [9.17, 15) is 4.79 Å². The number of aromatic nitrogens is 1. The summed E-state index contributed by atoms with van der Waals surface area (Å²) < 4.78 is 5.49. The molecule has 3 N–H and O–H groups in total. The summed E-state index contributed by atoms with van der Waals surface area (Å²) in [5, 5.41) is 5.73. The molecule has 6 heteroatoms. The van der Waals surface area contributed by atoms with Crippen LogP contribution in [0.3, 0.4) is 0 Å². The minimum atomic E-state index is -0.0120. The molecule has 0 aromatic carbocycles. The van der Waals surface area contributed by atoms with Gasteiger partial charge in [-0.05, 0) is 32.6 Å². The number of nitrogens with two attached hydrogens (primary N) is 1. The standard InChI is InChI=1S/C14H23N3O2S/c1-3-19-9(2)14-17-11(8-20-14)6-13(18)16-7-12(15)10-4-5-10/h8-10,12H,3-7,15H2,1-2H3,(H,16,18). The molecular weight excluding hydrogens is 274 g/mol. The Morgan fingerprint density at radius 1 is 1.65 bits per heavy atom. The van der Waals surface area contributed by atoms with Crippen molar-refractivity contribution in [2.24, 2.45) is 11.7 Å². The van der Waals surface area contributed by atoms with Gasteiger partial charge in [0.1, 0.15) is 11.1 Å². The van der Waals surface area contributed by atoms with Crippen molar-refractivity contribution in [2.75, 3.05) is 13.2 Å². The van der Waals surface area contributed by atoms with Crippen LogP contribution in [0.25, 0.3) is 0 Å². The molecule has 1 aliphatic rings. The van der Waals surface area contributed by atoms with Crippen LogP contribution in [-0.2, 0) is 16.0 Å². The van der Waals surface area contributed by atoms with Gasteiger partial charge in [0, 0.05) is 24.6 Å². The third-order valence-electron chi connectivity index (χ3n) is 3.44. The van der Waals surface area contributed by atoms with Gasteiger partial charge < -0.3 is 15.8 Å². The van der Waals surface area contributed by atoms with Crippen molar-refractivity contribution in [2.45, 2.75) is 45.3 Å². The smallest absolute Gasteiger partial charge is 0.226 e. The Morgan fingerprint density at radius 3 is 3.05 bits per heavy atom. The maximum absolute atomic E-state index is 11.8. The molecule has 1 saturated carbocycles. The molecular formula is C14H23N3O2S. The monoisotopic (exact) mass is 297 g/mol. The van der Waals surface area contributed by atoms with E-state index in [4.69, 9.17) is 10.5 Å². The summed E-state index contributed by atoms with van der Waals surface area (Å²) in [6.07, 6.45) is 2.70. The first-order valence-corrected chi connectivity index (χ1v) is 8.06. The number of ether oxygens (including phenoxy) is 1. The minimum Gasteiger partial charge on any atom is -0.372 e. The van der Waals surface area contributed by atoms with E-state index >= 15 is 0 Å². The summed E-state index contributed by atoms with van der Waals surface area (Å²) in [7, 11) is 0. The quantitative estimate of drug-likeness (QED) is 0.764. The fraction of sp³-hybridized carbons (Fsp3) is 0.714. The largest absolute Gasteiger partial charge is 0.372 e. The number of hydrogen-bond donors (Lipinski definition) is 2. The van der Waals surface area contributed by atoms with E-state index in [-0.39, 0.29) is 18.1 Å². The number of nitrogens with zero attached hydrogens (tertiary/aromatic N) is 1. The first kappa shape index (κ1) is 15.4. The predicted octanol–water partition coefficient (Wildman–Crippen LogP) is 1.64. The number of carbonyl (C=O) groups is 1. The lowest BCUT2D eigenvalue weighted by Gasteiger charge is -2.11. The second kappa shape index (κ2) is 7.15. The molecule has 1 amide bonds. The van der Waals surface area contributed by atoms with Crippen LogP contribution in [0.1, 0.15) is 43.5 Å². The third-order valence-corrected chi connectivity index (χ3v) is 4.49. The molecule has 0 bridgehead atoms. The molecule has 20 heavy (non-hydrogen) atoms. The Kier molecular flexibility index (Phi) is 5.51. The summed E-state index contributed by atoms with van der Waals surface area (Å²) in [6.45, 7) is 5.16. The molecule has 1 fully saturated rings. The fourth-order valence-corrected chi connectivity index (χ4v) is 2.88. The first-order chi connectivity index (χ1) is 9.60. The van der Waals surface area contributed by atoms with Gasteiger partial charge in [-0.25, -0.2) is 4.98 Å². The molecule has 5 nitrogen and oxygen atoms in total. The topological polar surface area (TPSA) is 77.2 Å². The predicted molar refractivity (Wildman–Crippen MR) is 79.6 cm³/mol. The van der Waals surface area contributed by atoms with Crippen LogP contribution in [0.15, 0.2) is 5.38 Å². The molecule has 1 aromatic rings. The number of nitrogens with one attached hydrogen (secondary N) is 1. The van der Waals surface area contributed by atoms with Crippen LogP contribution >= 0.6 is 11.3 Å². The average molecular weight is 297 g/mol. The van der Waals surface area contributed by atoms with Crippen molar-refractivity contribution in [1.82, 2.24) is 10.3 Å². The van der Waals surface area contributed by atoms with E-state index in [1.807, 2.05) is 19.2 Å². The van der Waals surface area contributed by atoms with E-state index in [2.05, 4.69) is 10.3 Å². The molecule has 112 valence electrons. The van der Waals surface area contributed by atoms with Crippen molar-refractivity contribution < 1.29 is 9.53 Å². The Bertz CT molecular complexity index is 445. The lowest BCUT2D eigenvalue weighted by Crippen LogP contribution is -2.39. The highest BCUT2D eigenvalue weighted by Gasteiger charge is 2.28. The highest BCUT2D eigenvalue weighted by Crippen LogP contribution is 2.31. The molecule has 0 spiro atoms. The highest BCUT2D eigenvalue weighted by atomic mass is 32.1. The Hall–Kier alpha value is -0.980. The fourth-order valence-electron chi connectivity index (χ4n) is 2.06. The van der Waals surface area contributed by atoms with Gasteiger partial charge >= 0.3 is 0 Å². The zero-order chi connectivity index (χ0) is 14.5. The van der Waals surface area contributed by atoms with Gasteiger partial charge in [0.2, 0.25) is 5.91 Å². The van der Waals surface area contributed by atoms with Crippen molar-refractivity contribution in [3.05, 3.63) is 16.1 Å². The van der Waals surface area contributed by atoms with Crippen molar-refractivity contribution in [1.29, 1.82) is 0 Å². The zero-order valence-electron chi connectivity index (χ0n) is 12.1. The highest BCUT2D eigenvalue weighted by molar-refractivity contribution is 7.09. The molecule has 1 aliphatic carbocycles. The maximum Gasteiger partial charge on any atom is 0.226 e. The normalized spacial score (nSPS) is 17.8. The molecule has 0 radical (unpaired) electrons. The molecule has 0 aliphatic heterocycles. The molecule has 0 saturated heterocycles. The Morgan fingerprint density at radius 2 is 2.40 bits per heavy atom. The number of hydrogen-bond acceptors (Lipinski definition) is 5. The summed E-state index contributed by atoms with van der Waals surface area (Å²) in [5.74, 6) is 0.593. The van der Waals surface area contributed by atoms with E-state index in [1.54, 1.807) is 0 Å². The molecule has 1 heterocycles. The molecule has 2 atom stereocenters. The van der Waals surface area contributed by atoms with E-state index < -0.39 is 0 Å². The summed E-state index contributed by atoms with van der Waals surface area (Å²) in [4.78, 5) is 16.3. The first-order valence-electron chi connectivity index (χ1n) is 7.18. The summed E-state index contributed by atoms with van der Waals surface area (Å²) in [5.41, 5.74) is 6.75. The Labute approximate surface area is 123 Å². The van der Waals surface area contributed by atoms with Gasteiger partial charge in [-0.15, -0.1) is 11.3 Å². The van der Waals surface area contributed by atoms with Crippen molar-refractivity contribution in [3.63, 3.8) is 0 Å². The lowest BCUT2D eigenvalue weighted by molar-refractivity contribution is -0.120. The van der Waals surface area contributed by atoms with Gasteiger partial charge in [0.05, 0.1) is 12.1 Å². The number of amides is 1. The summed E-state index contributed by atoms with van der Waals surface area (Å²) in [6, 6.07) is 0.0999. The van der Waals surface area contributed by atoms with E-state index in [0.29, 0.717) is 25.5 Å². The number of carbonyl (C=O) groups excluding carboxylic acids is 1. The van der Waals surface area contributed by atoms with E-state index in [0.717, 1.165) is 10.7 Å². The van der Waals surface area contributed by atoms with Crippen LogP contribution in [0.4, 0.5) is 0 Å².